The van der Waals surface area contributed by atoms with Crippen LogP contribution in [0.3, 0.4) is 0 Å². The number of fused-ring (bicyclic) bond motifs is 1. The SMILES string of the molecule is N#Cc1cc(NCc2nc(-c3cccs3)n[nH]2)nc2ccc(Cl)cc12. The Morgan fingerprint density at radius 1 is 1.24 bits per heavy atom. The van der Waals surface area contributed by atoms with Crippen LogP contribution < -0.4 is 5.32 Å². The summed E-state index contributed by atoms with van der Waals surface area (Å²) in [5, 5.41) is 23.0. The van der Waals surface area contributed by atoms with Gasteiger partial charge in [-0.05, 0) is 35.7 Å². The second-order valence-electron chi connectivity index (χ2n) is 5.26. The lowest BCUT2D eigenvalue weighted by Gasteiger charge is -2.07. The van der Waals surface area contributed by atoms with Crippen molar-refractivity contribution in [1.82, 2.24) is 20.2 Å². The summed E-state index contributed by atoms with van der Waals surface area (Å²) in [6.45, 7) is 0.426. The normalized spacial score (nSPS) is 10.7. The Morgan fingerprint density at radius 3 is 2.96 bits per heavy atom. The number of aromatic nitrogens is 4. The molecule has 0 aliphatic heterocycles. The highest BCUT2D eigenvalue weighted by Crippen LogP contribution is 2.24. The van der Waals surface area contributed by atoms with Gasteiger partial charge in [-0.1, -0.05) is 17.7 Å². The van der Waals surface area contributed by atoms with Crippen LogP contribution in [0.2, 0.25) is 5.02 Å². The van der Waals surface area contributed by atoms with E-state index in [0.717, 1.165) is 10.3 Å². The average molecular weight is 367 g/mol. The average Bonchev–Trinajstić information content (AvgIpc) is 3.30. The lowest BCUT2D eigenvalue weighted by atomic mass is 10.1. The van der Waals surface area contributed by atoms with Crippen molar-refractivity contribution >= 4 is 39.7 Å². The highest BCUT2D eigenvalue weighted by Gasteiger charge is 2.09. The lowest BCUT2D eigenvalue weighted by Crippen LogP contribution is -2.04. The molecule has 0 saturated heterocycles. The molecule has 122 valence electrons. The van der Waals surface area contributed by atoms with E-state index < -0.39 is 0 Å². The van der Waals surface area contributed by atoms with Crippen molar-refractivity contribution in [3.8, 4) is 16.8 Å². The fourth-order valence-electron chi connectivity index (χ4n) is 2.45. The number of H-pyrrole nitrogens is 1. The monoisotopic (exact) mass is 366 g/mol. The fraction of sp³-hybridized carbons (Fsp3) is 0.0588. The van der Waals surface area contributed by atoms with E-state index in [9.17, 15) is 5.26 Å². The van der Waals surface area contributed by atoms with Crippen LogP contribution >= 0.6 is 22.9 Å². The largest absolute Gasteiger partial charge is 0.363 e. The fourth-order valence-corrected chi connectivity index (χ4v) is 3.28. The third-order valence-electron chi connectivity index (χ3n) is 3.60. The number of aromatic amines is 1. The Morgan fingerprint density at radius 2 is 2.16 bits per heavy atom. The molecule has 0 spiro atoms. The van der Waals surface area contributed by atoms with Crippen molar-refractivity contribution in [3.05, 3.63) is 58.2 Å². The molecule has 0 unspecified atom stereocenters. The standard InChI is InChI=1S/C17H11ClN6S/c18-11-3-4-13-12(7-11)10(8-19)6-15(21-13)20-9-16-22-17(24-23-16)14-2-1-5-25-14/h1-7H,9H2,(H,20,21)(H,22,23,24). The smallest absolute Gasteiger partial charge is 0.191 e. The number of hydrogen-bond donors (Lipinski definition) is 2. The summed E-state index contributed by atoms with van der Waals surface area (Å²) in [5.74, 6) is 1.96. The van der Waals surface area contributed by atoms with Crippen LogP contribution in [-0.2, 0) is 6.54 Å². The van der Waals surface area contributed by atoms with E-state index in [1.807, 2.05) is 17.5 Å². The Kier molecular flexibility index (Phi) is 4.06. The number of benzene rings is 1. The molecule has 4 aromatic rings. The predicted molar refractivity (Wildman–Crippen MR) is 98.5 cm³/mol. The number of anilines is 1. The second-order valence-corrected chi connectivity index (χ2v) is 6.65. The van der Waals surface area contributed by atoms with Crippen molar-refractivity contribution in [1.29, 1.82) is 5.26 Å². The summed E-state index contributed by atoms with van der Waals surface area (Å²) in [5.41, 5.74) is 1.23. The maximum absolute atomic E-state index is 9.37. The van der Waals surface area contributed by atoms with E-state index >= 15 is 0 Å². The quantitative estimate of drug-likeness (QED) is 0.564. The minimum Gasteiger partial charge on any atom is -0.363 e. The summed E-state index contributed by atoms with van der Waals surface area (Å²) in [4.78, 5) is 9.98. The van der Waals surface area contributed by atoms with Gasteiger partial charge in [0.25, 0.3) is 0 Å². The second kappa shape index (κ2) is 6.51. The Labute approximate surface area is 152 Å². The zero-order valence-corrected chi connectivity index (χ0v) is 14.4. The molecule has 4 rings (SSSR count). The zero-order valence-electron chi connectivity index (χ0n) is 12.8. The van der Waals surface area contributed by atoms with Gasteiger partial charge < -0.3 is 5.32 Å². The highest BCUT2D eigenvalue weighted by atomic mass is 35.5. The van der Waals surface area contributed by atoms with Crippen LogP contribution in [0.15, 0.2) is 41.8 Å². The summed E-state index contributed by atoms with van der Waals surface area (Å²) < 4.78 is 0. The molecule has 0 atom stereocenters. The minimum absolute atomic E-state index is 0.426. The maximum Gasteiger partial charge on any atom is 0.191 e. The summed E-state index contributed by atoms with van der Waals surface area (Å²) >= 11 is 7.59. The number of nitrogens with zero attached hydrogens (tertiary/aromatic N) is 4. The van der Waals surface area contributed by atoms with E-state index in [1.165, 1.54) is 0 Å². The van der Waals surface area contributed by atoms with Gasteiger partial charge in [0.15, 0.2) is 5.82 Å². The molecule has 0 saturated carbocycles. The maximum atomic E-state index is 9.37. The molecule has 1 aromatic carbocycles. The van der Waals surface area contributed by atoms with Gasteiger partial charge in [0.1, 0.15) is 11.6 Å². The van der Waals surface area contributed by atoms with Crippen molar-refractivity contribution < 1.29 is 0 Å². The van der Waals surface area contributed by atoms with Gasteiger partial charge in [0.05, 0.1) is 28.6 Å². The Balaban J connectivity index is 1.57. The predicted octanol–water partition coefficient (Wildman–Crippen LogP) is 4.22. The summed E-state index contributed by atoms with van der Waals surface area (Å²) in [7, 11) is 0. The molecule has 25 heavy (non-hydrogen) atoms. The van der Waals surface area contributed by atoms with Crippen LogP contribution in [0.25, 0.3) is 21.6 Å². The van der Waals surface area contributed by atoms with Gasteiger partial charge in [0.2, 0.25) is 0 Å². The number of rotatable bonds is 4. The molecule has 0 fully saturated rings. The van der Waals surface area contributed by atoms with Gasteiger partial charge in [-0.2, -0.15) is 10.4 Å². The van der Waals surface area contributed by atoms with Crippen LogP contribution in [0.1, 0.15) is 11.4 Å². The molecule has 0 bridgehead atoms. The van der Waals surface area contributed by atoms with E-state index in [2.05, 4.69) is 31.6 Å². The molecule has 3 aromatic heterocycles. The number of hydrogen-bond acceptors (Lipinski definition) is 6. The van der Waals surface area contributed by atoms with E-state index in [-0.39, 0.29) is 0 Å². The highest BCUT2D eigenvalue weighted by molar-refractivity contribution is 7.13. The molecule has 0 amide bonds. The van der Waals surface area contributed by atoms with Crippen LogP contribution in [0.4, 0.5) is 5.82 Å². The molecule has 8 heteroatoms. The summed E-state index contributed by atoms with van der Waals surface area (Å²) in [6.07, 6.45) is 0. The molecule has 3 heterocycles. The third kappa shape index (κ3) is 3.18. The van der Waals surface area contributed by atoms with Crippen LogP contribution in [0, 0.1) is 11.3 Å². The van der Waals surface area contributed by atoms with Crippen molar-refractivity contribution in [3.63, 3.8) is 0 Å². The molecule has 2 N–H and O–H groups in total. The molecule has 0 aliphatic carbocycles. The summed E-state index contributed by atoms with van der Waals surface area (Å²) in [6, 6.07) is 13.1. The first-order valence-corrected chi connectivity index (χ1v) is 8.68. The Bertz CT molecular complexity index is 1080. The van der Waals surface area contributed by atoms with Gasteiger partial charge in [-0.25, -0.2) is 9.97 Å². The molecule has 0 aliphatic rings. The number of nitrogens with one attached hydrogen (secondary N) is 2. The minimum atomic E-state index is 0.426. The van der Waals surface area contributed by atoms with E-state index in [0.29, 0.717) is 40.1 Å². The topological polar surface area (TPSA) is 90.3 Å². The first-order chi connectivity index (χ1) is 12.2. The van der Waals surface area contributed by atoms with E-state index in [1.54, 1.807) is 35.6 Å². The van der Waals surface area contributed by atoms with Gasteiger partial charge in [0, 0.05) is 10.4 Å². The van der Waals surface area contributed by atoms with Crippen LogP contribution in [0.5, 0.6) is 0 Å². The number of halogens is 1. The zero-order chi connectivity index (χ0) is 17.2. The number of pyridine rings is 1. The molecule has 6 nitrogen and oxygen atoms in total. The Hall–Kier alpha value is -2.95. The first-order valence-electron chi connectivity index (χ1n) is 7.42. The number of thiophene rings is 1. The van der Waals surface area contributed by atoms with Crippen molar-refractivity contribution in [2.75, 3.05) is 5.32 Å². The van der Waals surface area contributed by atoms with E-state index in [4.69, 9.17) is 11.6 Å². The lowest BCUT2D eigenvalue weighted by molar-refractivity contribution is 0.949. The van der Waals surface area contributed by atoms with Crippen LogP contribution in [-0.4, -0.2) is 20.2 Å². The first kappa shape index (κ1) is 15.6. The third-order valence-corrected chi connectivity index (χ3v) is 4.70. The number of nitriles is 1. The van der Waals surface area contributed by atoms with Gasteiger partial charge in [-0.15, -0.1) is 11.3 Å². The van der Waals surface area contributed by atoms with Crippen molar-refractivity contribution in [2.24, 2.45) is 0 Å². The molecule has 0 radical (unpaired) electrons. The van der Waals surface area contributed by atoms with Crippen molar-refractivity contribution in [2.45, 2.75) is 6.54 Å². The molecular weight excluding hydrogens is 356 g/mol. The molecular formula is C17H11ClN6S. The van der Waals surface area contributed by atoms with Gasteiger partial charge in [-0.3, -0.25) is 5.10 Å². The van der Waals surface area contributed by atoms with Gasteiger partial charge >= 0.3 is 0 Å².